The number of amides is 1. The molecule has 4 rings (SSSR count). The molecule has 1 saturated heterocycles. The molecule has 10 heteroatoms. The number of piperidine rings is 1. The van der Waals surface area contributed by atoms with Crippen molar-refractivity contribution in [1.82, 2.24) is 14.8 Å². The summed E-state index contributed by atoms with van der Waals surface area (Å²) in [6, 6.07) is 6.05. The first kappa shape index (κ1) is 20.3. The second-order valence-corrected chi connectivity index (χ2v) is 8.40. The summed E-state index contributed by atoms with van der Waals surface area (Å²) in [6.45, 7) is 2.40. The van der Waals surface area contributed by atoms with Crippen molar-refractivity contribution in [3.05, 3.63) is 42.0 Å². The van der Waals surface area contributed by atoms with E-state index in [1.165, 1.54) is 12.1 Å². The summed E-state index contributed by atoms with van der Waals surface area (Å²) in [4.78, 5) is 19.4. The fourth-order valence-electron chi connectivity index (χ4n) is 3.70. The van der Waals surface area contributed by atoms with E-state index in [0.29, 0.717) is 28.7 Å². The highest BCUT2D eigenvalue weighted by atomic mass is 32.1. The maximum absolute atomic E-state index is 13.5. The highest BCUT2D eigenvalue weighted by Crippen LogP contribution is 2.33. The molecule has 0 saturated carbocycles. The van der Waals surface area contributed by atoms with Gasteiger partial charge in [-0.15, -0.1) is 0 Å². The van der Waals surface area contributed by atoms with Crippen LogP contribution in [0, 0.1) is 11.7 Å². The number of aromatic nitrogens is 3. The van der Waals surface area contributed by atoms with E-state index in [1.54, 1.807) is 23.0 Å². The number of nitrogens with two attached hydrogens (primary N) is 2. The Morgan fingerprint density at radius 3 is 2.83 bits per heavy atom. The maximum Gasteiger partial charge on any atom is 0.277 e. The minimum Gasteiger partial charge on any atom is -0.389 e. The van der Waals surface area contributed by atoms with E-state index in [2.05, 4.69) is 20.3 Å². The number of carbonyl (C=O) groups excluding carboxylic acids is 1. The Morgan fingerprint density at radius 1 is 1.37 bits per heavy atom. The predicted molar refractivity (Wildman–Crippen MR) is 117 cm³/mol. The van der Waals surface area contributed by atoms with Crippen molar-refractivity contribution in [2.75, 3.05) is 35.6 Å². The zero-order valence-corrected chi connectivity index (χ0v) is 17.5. The van der Waals surface area contributed by atoms with Gasteiger partial charge in [0.05, 0.1) is 6.20 Å². The first-order chi connectivity index (χ1) is 14.5. The molecule has 3 heterocycles. The fraction of sp³-hybridized carbons (Fsp3) is 0.350. The fourth-order valence-corrected chi connectivity index (χ4v) is 4.52. The lowest BCUT2D eigenvalue weighted by molar-refractivity contribution is 0.102. The molecule has 8 nitrogen and oxygen atoms in total. The summed E-state index contributed by atoms with van der Waals surface area (Å²) in [5, 5.41) is 7.97. The van der Waals surface area contributed by atoms with Gasteiger partial charge >= 0.3 is 0 Å². The normalized spacial score (nSPS) is 14.8. The summed E-state index contributed by atoms with van der Waals surface area (Å²) in [7, 11) is 1.85. The van der Waals surface area contributed by atoms with E-state index >= 15 is 0 Å². The summed E-state index contributed by atoms with van der Waals surface area (Å²) < 4.78 is 15.3. The van der Waals surface area contributed by atoms with E-state index in [0.717, 1.165) is 43.1 Å². The summed E-state index contributed by atoms with van der Waals surface area (Å²) in [5.41, 5.74) is 13.1. The third kappa shape index (κ3) is 4.01. The highest BCUT2D eigenvalue weighted by molar-refractivity contribution is 7.19. The number of rotatable bonds is 5. The number of halogens is 1. The minimum absolute atomic E-state index is 0.121. The van der Waals surface area contributed by atoms with Crippen LogP contribution in [0.25, 0.3) is 10.6 Å². The number of thiazole rings is 1. The molecule has 3 aromatic rings. The first-order valence-corrected chi connectivity index (χ1v) is 10.6. The van der Waals surface area contributed by atoms with Gasteiger partial charge in [0.2, 0.25) is 0 Å². The molecule has 0 unspecified atom stereocenters. The van der Waals surface area contributed by atoms with Gasteiger partial charge in [0.15, 0.2) is 11.5 Å². The lowest BCUT2D eigenvalue weighted by atomic mass is 9.97. The van der Waals surface area contributed by atoms with Crippen LogP contribution in [0.5, 0.6) is 0 Å². The predicted octanol–water partition coefficient (Wildman–Crippen LogP) is 2.69. The number of carbonyl (C=O) groups is 1. The Morgan fingerprint density at radius 2 is 2.13 bits per heavy atom. The van der Waals surface area contributed by atoms with Crippen LogP contribution in [0.4, 0.5) is 20.9 Å². The van der Waals surface area contributed by atoms with Crippen molar-refractivity contribution in [2.45, 2.75) is 12.8 Å². The van der Waals surface area contributed by atoms with Gasteiger partial charge in [-0.1, -0.05) is 23.5 Å². The number of nitrogens with zero attached hydrogens (tertiary/aromatic N) is 4. The van der Waals surface area contributed by atoms with Crippen LogP contribution in [-0.2, 0) is 7.05 Å². The molecule has 0 atom stereocenters. The van der Waals surface area contributed by atoms with Gasteiger partial charge in [0, 0.05) is 25.7 Å². The Balaban J connectivity index is 1.54. The van der Waals surface area contributed by atoms with Crippen molar-refractivity contribution in [1.29, 1.82) is 0 Å². The Bertz CT molecular complexity index is 1060. The van der Waals surface area contributed by atoms with Gasteiger partial charge in [-0.05, 0) is 37.4 Å². The zero-order chi connectivity index (χ0) is 21.3. The van der Waals surface area contributed by atoms with Crippen LogP contribution in [0.1, 0.15) is 23.3 Å². The van der Waals surface area contributed by atoms with Crippen LogP contribution in [0.15, 0.2) is 30.5 Å². The van der Waals surface area contributed by atoms with Gasteiger partial charge in [-0.3, -0.25) is 9.48 Å². The van der Waals surface area contributed by atoms with Crippen molar-refractivity contribution in [3.63, 3.8) is 0 Å². The largest absolute Gasteiger partial charge is 0.389 e. The molecule has 0 radical (unpaired) electrons. The molecule has 1 aromatic carbocycles. The van der Waals surface area contributed by atoms with E-state index in [1.807, 2.05) is 7.05 Å². The van der Waals surface area contributed by atoms with Gasteiger partial charge in [0.25, 0.3) is 5.91 Å². The van der Waals surface area contributed by atoms with E-state index in [9.17, 15) is 9.18 Å². The van der Waals surface area contributed by atoms with Crippen molar-refractivity contribution in [3.8, 4) is 10.6 Å². The number of nitrogen functional groups attached to an aromatic ring is 1. The van der Waals surface area contributed by atoms with Gasteiger partial charge < -0.3 is 21.7 Å². The summed E-state index contributed by atoms with van der Waals surface area (Å²) >= 11 is 1.15. The average Bonchev–Trinajstić information content (AvgIpc) is 3.31. The molecule has 5 N–H and O–H groups in total. The molecule has 1 aliphatic heterocycles. The second kappa shape index (κ2) is 8.41. The molecule has 0 aliphatic carbocycles. The van der Waals surface area contributed by atoms with Crippen LogP contribution in [0.3, 0.4) is 0 Å². The molecule has 2 aromatic heterocycles. The molecular formula is C20H24FN7OS. The molecule has 158 valence electrons. The monoisotopic (exact) mass is 429 g/mol. The van der Waals surface area contributed by atoms with E-state index in [-0.39, 0.29) is 16.5 Å². The number of benzene rings is 1. The number of hydrogen-bond donors (Lipinski definition) is 3. The number of hydrogen-bond acceptors (Lipinski definition) is 7. The molecule has 1 amide bonds. The molecule has 0 spiro atoms. The summed E-state index contributed by atoms with van der Waals surface area (Å²) in [6.07, 6.45) is 3.63. The third-order valence-electron chi connectivity index (χ3n) is 5.34. The number of anilines is 3. The van der Waals surface area contributed by atoms with Crippen LogP contribution >= 0.6 is 11.3 Å². The van der Waals surface area contributed by atoms with Crippen LogP contribution < -0.4 is 21.7 Å². The minimum atomic E-state index is -0.419. The first-order valence-electron chi connectivity index (χ1n) is 9.77. The Kier molecular flexibility index (Phi) is 5.69. The van der Waals surface area contributed by atoms with Gasteiger partial charge in [0.1, 0.15) is 21.5 Å². The standard InChI is InChI=1S/C20H24FN7OS/c1-27-20(28-7-5-12(10-22)6-8-28)15(11-24-27)25-18(29)16-17(23)30-19(26-16)13-3-2-4-14(21)9-13/h2-4,9,11-12H,5-8,10,22-23H2,1H3,(H,25,29). The molecule has 0 bridgehead atoms. The lowest BCUT2D eigenvalue weighted by Crippen LogP contribution is -2.37. The van der Waals surface area contributed by atoms with E-state index < -0.39 is 5.91 Å². The summed E-state index contributed by atoms with van der Waals surface area (Å²) in [5.74, 6) is 0.588. The van der Waals surface area contributed by atoms with Crippen molar-refractivity contribution in [2.24, 2.45) is 18.7 Å². The SMILES string of the molecule is Cn1ncc(NC(=O)c2nc(-c3cccc(F)c3)sc2N)c1N1CCC(CN)CC1. The average molecular weight is 430 g/mol. The maximum atomic E-state index is 13.5. The van der Waals surface area contributed by atoms with Crippen molar-refractivity contribution < 1.29 is 9.18 Å². The Hall–Kier alpha value is -2.98. The highest BCUT2D eigenvalue weighted by Gasteiger charge is 2.25. The molecule has 30 heavy (non-hydrogen) atoms. The topological polar surface area (TPSA) is 115 Å². The lowest BCUT2D eigenvalue weighted by Gasteiger charge is -2.33. The third-order valence-corrected chi connectivity index (χ3v) is 6.28. The molecule has 1 aliphatic rings. The zero-order valence-electron chi connectivity index (χ0n) is 16.6. The molecule has 1 fully saturated rings. The number of aryl methyl sites for hydroxylation is 1. The smallest absolute Gasteiger partial charge is 0.277 e. The van der Waals surface area contributed by atoms with Crippen molar-refractivity contribution >= 4 is 33.8 Å². The van der Waals surface area contributed by atoms with E-state index in [4.69, 9.17) is 11.5 Å². The van der Waals surface area contributed by atoms with Crippen LogP contribution in [-0.4, -0.2) is 40.3 Å². The second-order valence-electron chi connectivity index (χ2n) is 7.37. The Labute approximate surface area is 177 Å². The van der Waals surface area contributed by atoms with Gasteiger partial charge in [-0.25, -0.2) is 9.37 Å². The van der Waals surface area contributed by atoms with Gasteiger partial charge in [-0.2, -0.15) is 5.10 Å². The molecular weight excluding hydrogens is 405 g/mol. The van der Waals surface area contributed by atoms with Crippen LogP contribution in [0.2, 0.25) is 0 Å². The quantitative estimate of drug-likeness (QED) is 0.574. The number of nitrogens with one attached hydrogen (secondary N) is 1.